The van der Waals surface area contributed by atoms with Gasteiger partial charge in [-0.2, -0.15) is 0 Å². The molecule has 0 spiro atoms. The fourth-order valence-electron chi connectivity index (χ4n) is 7.07. The summed E-state index contributed by atoms with van der Waals surface area (Å²) in [7, 11) is 0. The molecule has 330 valence electrons. The molecule has 2 unspecified atom stereocenters. The van der Waals surface area contributed by atoms with Gasteiger partial charge in [0.2, 0.25) is 0 Å². The van der Waals surface area contributed by atoms with E-state index in [-0.39, 0.29) is 59.2 Å². The van der Waals surface area contributed by atoms with Crippen molar-refractivity contribution in [3.05, 3.63) is 44.6 Å². The van der Waals surface area contributed by atoms with Crippen molar-refractivity contribution in [3.8, 4) is 11.5 Å². The molecule has 0 N–H and O–H groups in total. The van der Waals surface area contributed by atoms with E-state index in [1.807, 2.05) is 0 Å². The maximum Gasteiger partial charge on any atom is 0.342 e. The van der Waals surface area contributed by atoms with Crippen molar-refractivity contribution in [3.63, 3.8) is 0 Å². The van der Waals surface area contributed by atoms with Gasteiger partial charge in [0.1, 0.15) is 31.3 Å². The Balaban J connectivity index is 1.75. The Morgan fingerprint density at radius 2 is 1.00 bits per heavy atom. The summed E-state index contributed by atoms with van der Waals surface area (Å²) in [5.41, 5.74) is 0.0551. The van der Waals surface area contributed by atoms with Crippen LogP contribution in [0.3, 0.4) is 0 Å². The van der Waals surface area contributed by atoms with Crippen LogP contribution in [0.25, 0.3) is 23.7 Å². The Morgan fingerprint density at radius 3 is 1.35 bits per heavy atom. The highest BCUT2D eigenvalue weighted by Crippen LogP contribution is 2.40. The average molecular weight is 901 g/mol. The molecule has 0 radical (unpaired) electrons. The van der Waals surface area contributed by atoms with Gasteiger partial charge in [-0.15, -0.1) is 0 Å². The van der Waals surface area contributed by atoms with Gasteiger partial charge in [-0.25, -0.2) is 9.59 Å². The summed E-state index contributed by atoms with van der Waals surface area (Å²) in [4.78, 5) is 59.1. The zero-order valence-corrected chi connectivity index (χ0v) is 39.7. The molecule has 4 heterocycles. The molecule has 2 aliphatic rings. The summed E-state index contributed by atoms with van der Waals surface area (Å²) in [6, 6.07) is 3.00. The summed E-state index contributed by atoms with van der Waals surface area (Å²) in [5, 5.41) is 0. The molecule has 2 atom stereocenters. The van der Waals surface area contributed by atoms with E-state index in [4.69, 9.17) is 42.7 Å². The number of amides is 2. The van der Waals surface area contributed by atoms with E-state index in [1.165, 1.54) is 35.7 Å². The van der Waals surface area contributed by atoms with Crippen LogP contribution >= 0.6 is 48.0 Å². The van der Waals surface area contributed by atoms with Gasteiger partial charge in [0.25, 0.3) is 11.8 Å². The van der Waals surface area contributed by atoms with E-state index in [9.17, 15) is 19.2 Å². The lowest BCUT2D eigenvalue weighted by Crippen LogP contribution is -2.33. The zero-order chi connectivity index (χ0) is 43.6. The van der Waals surface area contributed by atoms with Crippen LogP contribution in [-0.4, -0.2) is 68.5 Å². The SMILES string of the molecule is CCCCCCOC(=O)c1cc(/C=C2\SC(=S)N(CC(CC)CCCC)C2=O)oc1-c1oc(/C=C2\SC(=S)N(CC(CC)CCCC)C2=O)cc1C(=O)OCCCCCC. The predicted molar refractivity (Wildman–Crippen MR) is 252 cm³/mol. The van der Waals surface area contributed by atoms with Crippen molar-refractivity contribution >= 4 is 92.5 Å². The number of unbranched alkanes of at least 4 members (excludes halogenated alkanes) is 8. The number of furan rings is 2. The molecule has 2 aliphatic heterocycles. The molecule has 4 rings (SSSR count). The van der Waals surface area contributed by atoms with Gasteiger partial charge in [0.05, 0.1) is 23.0 Å². The van der Waals surface area contributed by atoms with Crippen molar-refractivity contribution in [1.82, 2.24) is 9.80 Å². The topological polar surface area (TPSA) is 119 Å². The van der Waals surface area contributed by atoms with Gasteiger partial charge in [-0.1, -0.05) is 167 Å². The van der Waals surface area contributed by atoms with Gasteiger partial charge in [0, 0.05) is 25.2 Å². The van der Waals surface area contributed by atoms with Gasteiger partial charge < -0.3 is 18.3 Å². The van der Waals surface area contributed by atoms with Crippen LogP contribution in [0.1, 0.15) is 177 Å². The molecule has 2 aromatic heterocycles. The number of carbonyl (C=O) groups is 4. The summed E-state index contributed by atoms with van der Waals surface area (Å²) in [6.07, 6.45) is 18.6. The quantitative estimate of drug-likeness (QED) is 0.0367. The second kappa shape index (κ2) is 25.7. The van der Waals surface area contributed by atoms with E-state index in [0.717, 1.165) is 89.9 Å². The summed E-state index contributed by atoms with van der Waals surface area (Å²) in [6.45, 7) is 14.2. The number of rotatable bonds is 27. The molecule has 0 bridgehead atoms. The van der Waals surface area contributed by atoms with Gasteiger partial charge in [-0.3, -0.25) is 19.4 Å². The highest BCUT2D eigenvalue weighted by molar-refractivity contribution is 8.27. The largest absolute Gasteiger partial charge is 0.462 e. The monoisotopic (exact) mass is 900 g/mol. The van der Waals surface area contributed by atoms with Crippen LogP contribution in [0, 0.1) is 11.8 Å². The van der Waals surface area contributed by atoms with Crippen molar-refractivity contribution in [2.24, 2.45) is 11.8 Å². The van der Waals surface area contributed by atoms with E-state index < -0.39 is 11.9 Å². The number of carbonyl (C=O) groups excluding carboxylic acids is 4. The normalized spacial score (nSPS) is 16.8. The number of thiocarbonyl (C=S) groups is 2. The van der Waals surface area contributed by atoms with Gasteiger partial charge >= 0.3 is 11.9 Å². The third-order valence-corrected chi connectivity index (χ3v) is 13.6. The van der Waals surface area contributed by atoms with E-state index in [0.29, 0.717) is 56.2 Å². The van der Waals surface area contributed by atoms with Gasteiger partial charge in [0.15, 0.2) is 11.5 Å². The first-order chi connectivity index (χ1) is 29.0. The maximum atomic E-state index is 13.8. The minimum absolute atomic E-state index is 0.0275. The number of nitrogens with zero attached hydrogens (tertiary/aromatic N) is 2. The average Bonchev–Trinajstić information content (AvgIpc) is 3.98. The third-order valence-electron chi connectivity index (χ3n) is 10.9. The molecule has 0 aromatic carbocycles. The molecule has 2 aromatic rings. The number of ether oxygens (including phenoxy) is 2. The highest BCUT2D eigenvalue weighted by atomic mass is 32.2. The lowest BCUT2D eigenvalue weighted by Gasteiger charge is -2.21. The van der Waals surface area contributed by atoms with E-state index in [1.54, 1.807) is 22.0 Å². The van der Waals surface area contributed by atoms with Crippen LogP contribution in [0.4, 0.5) is 0 Å². The zero-order valence-electron chi connectivity index (χ0n) is 36.4. The molecular formula is C46H64N2O8S4. The smallest absolute Gasteiger partial charge is 0.342 e. The van der Waals surface area contributed by atoms with Crippen molar-refractivity contribution < 1.29 is 37.5 Å². The number of hydrogen-bond acceptors (Lipinski definition) is 12. The predicted octanol–water partition coefficient (Wildman–Crippen LogP) is 12.8. The molecule has 0 saturated carbocycles. The standard InChI is InChI=1S/C46H64N2O8S4/c1-7-13-17-19-23-53-43(51)35-25-33(27-37-41(49)47(45(57)59-37)29-31(11-5)21-15-9-3)55-39(35)40-36(44(52)54-24-20-18-14-8-2)26-34(56-40)28-38-42(50)48(46(58)60-38)30-32(12-6)22-16-10-4/h25-28,31-32H,7-24,29-30H2,1-6H3/b37-27-,38-28-. The van der Waals surface area contributed by atoms with Crippen molar-refractivity contribution in [2.45, 2.75) is 144 Å². The van der Waals surface area contributed by atoms with Crippen molar-refractivity contribution in [2.75, 3.05) is 26.3 Å². The fourth-order valence-corrected chi connectivity index (χ4v) is 9.58. The number of hydrogen-bond donors (Lipinski definition) is 0. The third kappa shape index (κ3) is 13.9. The Kier molecular flexibility index (Phi) is 21.2. The first kappa shape index (κ1) is 49.5. The first-order valence-corrected chi connectivity index (χ1v) is 24.6. The molecule has 2 fully saturated rings. The van der Waals surface area contributed by atoms with E-state index >= 15 is 0 Å². The Morgan fingerprint density at radius 1 is 0.617 bits per heavy atom. The fraction of sp³-hybridized carbons (Fsp3) is 0.609. The Hall–Kier alpha value is -3.20. The molecule has 60 heavy (non-hydrogen) atoms. The maximum absolute atomic E-state index is 13.8. The molecule has 14 heteroatoms. The summed E-state index contributed by atoms with van der Waals surface area (Å²) < 4.78 is 25.1. The number of esters is 2. The lowest BCUT2D eigenvalue weighted by molar-refractivity contribution is -0.123. The lowest BCUT2D eigenvalue weighted by atomic mass is 9.99. The molecule has 10 nitrogen and oxygen atoms in total. The van der Waals surface area contributed by atoms with Crippen LogP contribution < -0.4 is 0 Å². The van der Waals surface area contributed by atoms with Crippen LogP contribution in [0.2, 0.25) is 0 Å². The minimum Gasteiger partial charge on any atom is -0.462 e. The van der Waals surface area contributed by atoms with E-state index in [2.05, 4.69) is 41.5 Å². The minimum atomic E-state index is -0.662. The highest BCUT2D eigenvalue weighted by Gasteiger charge is 2.36. The number of thioether (sulfide) groups is 2. The molecular weight excluding hydrogens is 837 g/mol. The van der Waals surface area contributed by atoms with Gasteiger partial charge in [-0.05, 0) is 49.7 Å². The van der Waals surface area contributed by atoms with Crippen molar-refractivity contribution in [1.29, 1.82) is 0 Å². The van der Waals surface area contributed by atoms with Crippen LogP contribution in [0.15, 0.2) is 30.8 Å². The summed E-state index contributed by atoms with van der Waals surface area (Å²) in [5.74, 6) is -0.845. The molecule has 2 saturated heterocycles. The Bertz CT molecular complexity index is 1730. The second-order valence-corrected chi connectivity index (χ2v) is 18.9. The molecule has 0 aliphatic carbocycles. The van der Waals surface area contributed by atoms with Crippen LogP contribution in [0.5, 0.6) is 0 Å². The molecule has 2 amide bonds. The Labute approximate surface area is 376 Å². The van der Waals surface area contributed by atoms with Crippen LogP contribution in [-0.2, 0) is 19.1 Å². The second-order valence-electron chi connectivity index (χ2n) is 15.6. The first-order valence-electron chi connectivity index (χ1n) is 22.1. The summed E-state index contributed by atoms with van der Waals surface area (Å²) >= 11 is 13.7.